The maximum Gasteiger partial charge on any atom is 0.223 e. The summed E-state index contributed by atoms with van der Waals surface area (Å²) in [5, 5.41) is 14.5. The molecule has 0 spiro atoms. The van der Waals surface area contributed by atoms with Crippen molar-refractivity contribution in [2.24, 2.45) is 22.7 Å². The molecule has 0 aromatic rings. The Bertz CT molecular complexity index is 297. The standard InChI is InChI=1S/C13H25N3O2/c1-3-11(8-12(14)16-18)15-13(17)10-6-4-9(2)5-7-10/h9-11,18H,3-8H2,1-2H3,(H2,14,16)(H,15,17). The fourth-order valence-electron chi connectivity index (χ4n) is 2.43. The van der Waals surface area contributed by atoms with Crippen molar-refractivity contribution in [2.45, 2.75) is 58.4 Å². The Morgan fingerprint density at radius 3 is 2.56 bits per heavy atom. The molecule has 0 radical (unpaired) electrons. The third kappa shape index (κ3) is 4.55. The first-order chi connectivity index (χ1) is 8.56. The van der Waals surface area contributed by atoms with Gasteiger partial charge < -0.3 is 16.3 Å². The topological polar surface area (TPSA) is 87.7 Å². The lowest BCUT2D eigenvalue weighted by Crippen LogP contribution is -2.41. The number of nitrogens with zero attached hydrogens (tertiary/aromatic N) is 1. The van der Waals surface area contributed by atoms with E-state index in [4.69, 9.17) is 10.9 Å². The van der Waals surface area contributed by atoms with E-state index in [1.165, 1.54) is 0 Å². The summed E-state index contributed by atoms with van der Waals surface area (Å²) < 4.78 is 0. The van der Waals surface area contributed by atoms with Crippen LogP contribution in [0.5, 0.6) is 0 Å². The van der Waals surface area contributed by atoms with Crippen LogP contribution in [0.2, 0.25) is 0 Å². The summed E-state index contributed by atoms with van der Waals surface area (Å²) in [5.74, 6) is 1.18. The van der Waals surface area contributed by atoms with Gasteiger partial charge in [0.15, 0.2) is 0 Å². The number of carbonyl (C=O) groups excluding carboxylic acids is 1. The van der Waals surface area contributed by atoms with Crippen LogP contribution < -0.4 is 11.1 Å². The van der Waals surface area contributed by atoms with Gasteiger partial charge in [-0.2, -0.15) is 0 Å². The molecule has 5 nitrogen and oxygen atoms in total. The SMILES string of the molecule is CCC(CC(N)=NO)NC(=O)C1CCC(C)CC1. The lowest BCUT2D eigenvalue weighted by molar-refractivity contribution is -0.126. The highest BCUT2D eigenvalue weighted by Gasteiger charge is 2.25. The summed E-state index contributed by atoms with van der Waals surface area (Å²) in [4.78, 5) is 12.1. The van der Waals surface area contributed by atoms with Crippen molar-refractivity contribution in [3.63, 3.8) is 0 Å². The molecule has 0 saturated heterocycles. The van der Waals surface area contributed by atoms with Gasteiger partial charge in [-0.25, -0.2) is 0 Å². The molecule has 104 valence electrons. The van der Waals surface area contributed by atoms with E-state index in [-0.39, 0.29) is 23.7 Å². The Balaban J connectivity index is 2.42. The van der Waals surface area contributed by atoms with Gasteiger partial charge in [0.2, 0.25) is 5.91 Å². The van der Waals surface area contributed by atoms with E-state index in [1.54, 1.807) is 0 Å². The van der Waals surface area contributed by atoms with Crippen molar-refractivity contribution in [2.75, 3.05) is 0 Å². The highest BCUT2D eigenvalue weighted by Crippen LogP contribution is 2.28. The van der Waals surface area contributed by atoms with Crippen LogP contribution >= 0.6 is 0 Å². The predicted molar refractivity (Wildman–Crippen MR) is 71.4 cm³/mol. The van der Waals surface area contributed by atoms with E-state index >= 15 is 0 Å². The van der Waals surface area contributed by atoms with E-state index in [1.807, 2.05) is 6.92 Å². The first-order valence-electron chi connectivity index (χ1n) is 6.83. The van der Waals surface area contributed by atoms with Crippen LogP contribution in [0, 0.1) is 11.8 Å². The molecule has 1 unspecified atom stereocenters. The number of nitrogens with one attached hydrogen (secondary N) is 1. The summed E-state index contributed by atoms with van der Waals surface area (Å²) >= 11 is 0. The fourth-order valence-corrected chi connectivity index (χ4v) is 2.43. The number of hydrogen-bond acceptors (Lipinski definition) is 3. The molecule has 1 saturated carbocycles. The average molecular weight is 255 g/mol. The molecule has 5 heteroatoms. The van der Waals surface area contributed by atoms with Gasteiger partial charge in [0.25, 0.3) is 0 Å². The van der Waals surface area contributed by atoms with E-state index < -0.39 is 0 Å². The summed E-state index contributed by atoms with van der Waals surface area (Å²) in [7, 11) is 0. The molecule has 1 rings (SSSR count). The lowest BCUT2D eigenvalue weighted by Gasteiger charge is -2.27. The molecular formula is C13H25N3O2. The van der Waals surface area contributed by atoms with Gasteiger partial charge in [0.1, 0.15) is 5.84 Å². The Hall–Kier alpha value is -1.26. The Morgan fingerprint density at radius 2 is 2.06 bits per heavy atom. The van der Waals surface area contributed by atoms with Gasteiger partial charge in [0.05, 0.1) is 0 Å². The average Bonchev–Trinajstić information content (AvgIpc) is 2.38. The summed E-state index contributed by atoms with van der Waals surface area (Å²) in [6.45, 7) is 4.22. The summed E-state index contributed by atoms with van der Waals surface area (Å²) in [6.07, 6.45) is 5.41. The van der Waals surface area contributed by atoms with Gasteiger partial charge in [0, 0.05) is 18.4 Å². The van der Waals surface area contributed by atoms with Crippen molar-refractivity contribution < 1.29 is 10.0 Å². The van der Waals surface area contributed by atoms with Crippen molar-refractivity contribution >= 4 is 11.7 Å². The van der Waals surface area contributed by atoms with Crippen molar-refractivity contribution in [1.29, 1.82) is 0 Å². The molecule has 0 bridgehead atoms. The van der Waals surface area contributed by atoms with Crippen LogP contribution in [0.1, 0.15) is 52.4 Å². The first-order valence-corrected chi connectivity index (χ1v) is 6.83. The van der Waals surface area contributed by atoms with Crippen molar-refractivity contribution in [1.82, 2.24) is 5.32 Å². The third-order valence-electron chi connectivity index (χ3n) is 3.81. The summed E-state index contributed by atoms with van der Waals surface area (Å²) in [5.41, 5.74) is 5.47. The minimum Gasteiger partial charge on any atom is -0.409 e. The van der Waals surface area contributed by atoms with E-state index in [2.05, 4.69) is 17.4 Å². The highest BCUT2D eigenvalue weighted by atomic mass is 16.4. The van der Waals surface area contributed by atoms with Crippen LogP contribution in [0.25, 0.3) is 0 Å². The quantitative estimate of drug-likeness (QED) is 0.303. The predicted octanol–water partition coefficient (Wildman–Crippen LogP) is 1.84. The molecule has 1 amide bonds. The van der Waals surface area contributed by atoms with Crippen LogP contribution in [0.15, 0.2) is 5.16 Å². The number of amides is 1. The normalized spacial score (nSPS) is 26.7. The molecule has 18 heavy (non-hydrogen) atoms. The Labute approximate surface area is 109 Å². The summed E-state index contributed by atoms with van der Waals surface area (Å²) in [6, 6.07) is -0.0345. The van der Waals surface area contributed by atoms with Gasteiger partial charge >= 0.3 is 0 Å². The molecular weight excluding hydrogens is 230 g/mol. The molecule has 1 fully saturated rings. The monoisotopic (exact) mass is 255 g/mol. The zero-order valence-corrected chi connectivity index (χ0v) is 11.4. The second-order valence-corrected chi connectivity index (χ2v) is 5.37. The first kappa shape index (κ1) is 14.8. The minimum absolute atomic E-state index is 0.0345. The molecule has 4 N–H and O–H groups in total. The number of amidine groups is 1. The lowest BCUT2D eigenvalue weighted by atomic mass is 9.82. The van der Waals surface area contributed by atoms with Crippen molar-refractivity contribution in [3.8, 4) is 0 Å². The van der Waals surface area contributed by atoms with Gasteiger partial charge in [-0.3, -0.25) is 4.79 Å². The number of rotatable bonds is 5. The number of oxime groups is 1. The number of hydrogen-bond donors (Lipinski definition) is 3. The molecule has 0 heterocycles. The van der Waals surface area contributed by atoms with Gasteiger partial charge in [-0.05, 0) is 38.0 Å². The smallest absolute Gasteiger partial charge is 0.223 e. The zero-order chi connectivity index (χ0) is 13.5. The molecule has 1 atom stereocenters. The maximum atomic E-state index is 12.1. The Kier molecular flexibility index (Phi) is 5.95. The van der Waals surface area contributed by atoms with Crippen LogP contribution in [-0.4, -0.2) is 23.0 Å². The fraction of sp³-hybridized carbons (Fsp3) is 0.846. The second kappa shape index (κ2) is 7.24. The molecule has 1 aliphatic rings. The van der Waals surface area contributed by atoms with E-state index in [0.29, 0.717) is 6.42 Å². The molecule has 0 aromatic carbocycles. The maximum absolute atomic E-state index is 12.1. The van der Waals surface area contributed by atoms with E-state index in [9.17, 15) is 4.79 Å². The van der Waals surface area contributed by atoms with Crippen molar-refractivity contribution in [3.05, 3.63) is 0 Å². The molecule has 0 aliphatic heterocycles. The van der Waals surface area contributed by atoms with Crippen LogP contribution in [0.4, 0.5) is 0 Å². The Morgan fingerprint density at radius 1 is 1.44 bits per heavy atom. The number of nitrogens with two attached hydrogens (primary N) is 1. The van der Waals surface area contributed by atoms with Crippen LogP contribution in [-0.2, 0) is 4.79 Å². The minimum atomic E-state index is -0.0345. The zero-order valence-electron chi connectivity index (χ0n) is 11.4. The molecule has 0 aromatic heterocycles. The third-order valence-corrected chi connectivity index (χ3v) is 3.81. The largest absolute Gasteiger partial charge is 0.409 e. The molecule has 1 aliphatic carbocycles. The van der Waals surface area contributed by atoms with Gasteiger partial charge in [-0.1, -0.05) is 19.0 Å². The second-order valence-electron chi connectivity index (χ2n) is 5.37. The van der Waals surface area contributed by atoms with Gasteiger partial charge in [-0.15, -0.1) is 0 Å². The van der Waals surface area contributed by atoms with E-state index in [0.717, 1.165) is 38.0 Å². The number of carbonyl (C=O) groups is 1. The highest BCUT2D eigenvalue weighted by molar-refractivity contribution is 5.82. The van der Waals surface area contributed by atoms with Crippen LogP contribution in [0.3, 0.4) is 0 Å².